The standard InChI is InChI=1S/C12H19N3O2/c1-10(16)5-3-4-8-15-9-12(13-14-15)7-6-11(2)17/h9H,3-8H2,1-2H3. The van der Waals surface area contributed by atoms with E-state index in [4.69, 9.17) is 0 Å². The highest BCUT2D eigenvalue weighted by molar-refractivity contribution is 5.75. The third-order valence-corrected chi connectivity index (χ3v) is 2.49. The molecule has 0 spiro atoms. The highest BCUT2D eigenvalue weighted by atomic mass is 16.1. The maximum absolute atomic E-state index is 10.8. The van der Waals surface area contributed by atoms with E-state index in [2.05, 4.69) is 10.3 Å². The lowest BCUT2D eigenvalue weighted by Gasteiger charge is -1.98. The SMILES string of the molecule is CC(=O)CCCCn1cc(CCC(C)=O)nn1. The van der Waals surface area contributed by atoms with E-state index in [0.29, 0.717) is 19.3 Å². The minimum Gasteiger partial charge on any atom is -0.300 e. The van der Waals surface area contributed by atoms with Gasteiger partial charge in [-0.05, 0) is 33.1 Å². The monoisotopic (exact) mass is 237 g/mol. The summed E-state index contributed by atoms with van der Waals surface area (Å²) in [6.07, 6.45) is 5.49. The molecule has 5 nitrogen and oxygen atoms in total. The molecule has 0 radical (unpaired) electrons. The Balaban J connectivity index is 2.25. The maximum Gasteiger partial charge on any atom is 0.130 e. The zero-order valence-electron chi connectivity index (χ0n) is 10.5. The Labute approximate surface area is 101 Å². The molecule has 1 heterocycles. The number of aromatic nitrogens is 3. The van der Waals surface area contributed by atoms with E-state index in [9.17, 15) is 9.59 Å². The third kappa shape index (κ3) is 5.94. The number of hydrogen-bond donors (Lipinski definition) is 0. The fourth-order valence-electron chi connectivity index (χ4n) is 1.51. The van der Waals surface area contributed by atoms with Gasteiger partial charge in [0.2, 0.25) is 0 Å². The van der Waals surface area contributed by atoms with Crippen molar-refractivity contribution in [2.75, 3.05) is 0 Å². The summed E-state index contributed by atoms with van der Waals surface area (Å²) in [5, 5.41) is 7.98. The van der Waals surface area contributed by atoms with Crippen molar-refractivity contribution in [3.63, 3.8) is 0 Å². The average molecular weight is 237 g/mol. The minimum absolute atomic E-state index is 0.168. The van der Waals surface area contributed by atoms with Crippen LogP contribution < -0.4 is 0 Å². The zero-order chi connectivity index (χ0) is 12.7. The first-order chi connectivity index (χ1) is 8.08. The van der Waals surface area contributed by atoms with Crippen molar-refractivity contribution in [2.24, 2.45) is 0 Å². The van der Waals surface area contributed by atoms with Crippen LogP contribution in [0, 0.1) is 0 Å². The summed E-state index contributed by atoms with van der Waals surface area (Å²) >= 11 is 0. The molecular weight excluding hydrogens is 218 g/mol. The van der Waals surface area contributed by atoms with E-state index in [1.165, 1.54) is 0 Å². The molecule has 1 aromatic rings. The largest absolute Gasteiger partial charge is 0.300 e. The van der Waals surface area contributed by atoms with E-state index in [1.54, 1.807) is 18.5 Å². The third-order valence-electron chi connectivity index (χ3n) is 2.49. The normalized spacial score (nSPS) is 10.5. The number of carbonyl (C=O) groups is 2. The Hall–Kier alpha value is -1.52. The molecule has 1 aromatic heterocycles. The van der Waals surface area contributed by atoms with Gasteiger partial charge in [0.15, 0.2) is 0 Å². The smallest absolute Gasteiger partial charge is 0.130 e. The van der Waals surface area contributed by atoms with Crippen molar-refractivity contribution < 1.29 is 9.59 Å². The molecule has 0 aliphatic heterocycles. The predicted octanol–water partition coefficient (Wildman–Crippen LogP) is 1.56. The number of nitrogens with zero attached hydrogens (tertiary/aromatic N) is 3. The van der Waals surface area contributed by atoms with E-state index in [-0.39, 0.29) is 11.6 Å². The lowest BCUT2D eigenvalue weighted by Crippen LogP contribution is -2.00. The Bertz CT molecular complexity index is 385. The van der Waals surface area contributed by atoms with Gasteiger partial charge >= 0.3 is 0 Å². The Morgan fingerprint density at radius 2 is 1.88 bits per heavy atom. The number of unbranched alkanes of at least 4 members (excludes halogenated alkanes) is 1. The van der Waals surface area contributed by atoms with E-state index in [0.717, 1.165) is 25.1 Å². The molecule has 0 saturated carbocycles. The van der Waals surface area contributed by atoms with Crippen molar-refractivity contribution in [2.45, 2.75) is 52.5 Å². The molecule has 0 aromatic carbocycles. The molecule has 0 aliphatic rings. The van der Waals surface area contributed by atoms with Crippen molar-refractivity contribution >= 4 is 11.6 Å². The summed E-state index contributed by atoms with van der Waals surface area (Å²) < 4.78 is 1.77. The predicted molar refractivity (Wildman–Crippen MR) is 63.6 cm³/mol. The molecular formula is C12H19N3O2. The molecule has 0 bridgehead atoms. The quantitative estimate of drug-likeness (QED) is 0.643. The first-order valence-electron chi connectivity index (χ1n) is 5.96. The molecule has 0 aliphatic carbocycles. The van der Waals surface area contributed by atoms with Gasteiger partial charge in [0.05, 0.1) is 5.69 Å². The highest BCUT2D eigenvalue weighted by Crippen LogP contribution is 2.02. The first-order valence-corrected chi connectivity index (χ1v) is 5.96. The molecule has 5 heteroatoms. The second-order valence-corrected chi connectivity index (χ2v) is 4.33. The van der Waals surface area contributed by atoms with Crippen molar-refractivity contribution in [3.05, 3.63) is 11.9 Å². The van der Waals surface area contributed by atoms with E-state index in [1.807, 2.05) is 6.20 Å². The number of Topliss-reactive ketones (excluding diaryl/α,β-unsaturated/α-hetero) is 2. The van der Waals surface area contributed by atoms with Gasteiger partial charge in [0.25, 0.3) is 0 Å². The molecule has 94 valence electrons. The van der Waals surface area contributed by atoms with Crippen LogP contribution in [0.15, 0.2) is 6.20 Å². The van der Waals surface area contributed by atoms with Gasteiger partial charge in [-0.15, -0.1) is 5.10 Å². The second-order valence-electron chi connectivity index (χ2n) is 4.33. The molecule has 0 N–H and O–H groups in total. The van der Waals surface area contributed by atoms with Crippen LogP contribution >= 0.6 is 0 Å². The van der Waals surface area contributed by atoms with Gasteiger partial charge < -0.3 is 9.59 Å². The van der Waals surface area contributed by atoms with E-state index < -0.39 is 0 Å². The molecule has 17 heavy (non-hydrogen) atoms. The Kier molecular flexibility index (Phi) is 5.52. The summed E-state index contributed by atoms with van der Waals surface area (Å²) in [5.74, 6) is 0.395. The number of ketones is 2. The van der Waals surface area contributed by atoms with Crippen LogP contribution in [0.4, 0.5) is 0 Å². The maximum atomic E-state index is 10.8. The number of rotatable bonds is 8. The summed E-state index contributed by atoms with van der Waals surface area (Å²) in [4.78, 5) is 21.6. The zero-order valence-corrected chi connectivity index (χ0v) is 10.5. The van der Waals surface area contributed by atoms with Gasteiger partial charge in [-0.1, -0.05) is 5.21 Å². The summed E-state index contributed by atoms with van der Waals surface area (Å²) in [7, 11) is 0. The van der Waals surface area contributed by atoms with Crippen LogP contribution in [0.1, 0.15) is 45.2 Å². The number of aryl methyl sites for hydroxylation is 2. The van der Waals surface area contributed by atoms with E-state index >= 15 is 0 Å². The average Bonchev–Trinajstić information content (AvgIpc) is 2.69. The first kappa shape index (κ1) is 13.5. The van der Waals surface area contributed by atoms with Gasteiger partial charge in [0.1, 0.15) is 11.6 Å². The molecule has 0 atom stereocenters. The lowest BCUT2D eigenvalue weighted by molar-refractivity contribution is -0.117. The van der Waals surface area contributed by atoms with Crippen LogP contribution in [0.25, 0.3) is 0 Å². The summed E-state index contributed by atoms with van der Waals surface area (Å²) in [6.45, 7) is 3.96. The fourth-order valence-corrected chi connectivity index (χ4v) is 1.51. The van der Waals surface area contributed by atoms with Crippen molar-refractivity contribution in [3.8, 4) is 0 Å². The van der Waals surface area contributed by atoms with Crippen LogP contribution in [-0.2, 0) is 22.6 Å². The molecule has 0 amide bonds. The van der Waals surface area contributed by atoms with Crippen molar-refractivity contribution in [1.29, 1.82) is 0 Å². The van der Waals surface area contributed by atoms with Gasteiger partial charge in [0, 0.05) is 25.6 Å². The topological polar surface area (TPSA) is 64.8 Å². The van der Waals surface area contributed by atoms with Crippen LogP contribution in [-0.4, -0.2) is 26.6 Å². The van der Waals surface area contributed by atoms with Crippen LogP contribution in [0.5, 0.6) is 0 Å². The summed E-state index contributed by atoms with van der Waals surface area (Å²) in [5.41, 5.74) is 0.853. The summed E-state index contributed by atoms with van der Waals surface area (Å²) in [6, 6.07) is 0. The van der Waals surface area contributed by atoms with Gasteiger partial charge in [-0.25, -0.2) is 0 Å². The minimum atomic E-state index is 0.168. The fraction of sp³-hybridized carbons (Fsp3) is 0.667. The van der Waals surface area contributed by atoms with Gasteiger partial charge in [-0.2, -0.15) is 0 Å². The molecule has 0 saturated heterocycles. The highest BCUT2D eigenvalue weighted by Gasteiger charge is 2.02. The molecule has 0 fully saturated rings. The van der Waals surface area contributed by atoms with Gasteiger partial charge in [-0.3, -0.25) is 4.68 Å². The molecule has 0 unspecified atom stereocenters. The lowest BCUT2D eigenvalue weighted by atomic mass is 10.2. The Morgan fingerprint density at radius 3 is 2.53 bits per heavy atom. The number of carbonyl (C=O) groups excluding carboxylic acids is 2. The second kappa shape index (κ2) is 6.93. The molecule has 1 rings (SSSR count). The Morgan fingerprint density at radius 1 is 1.18 bits per heavy atom. The number of hydrogen-bond acceptors (Lipinski definition) is 4. The van der Waals surface area contributed by atoms with Crippen LogP contribution in [0.2, 0.25) is 0 Å². The van der Waals surface area contributed by atoms with Crippen molar-refractivity contribution in [1.82, 2.24) is 15.0 Å². The van der Waals surface area contributed by atoms with Crippen LogP contribution in [0.3, 0.4) is 0 Å².